The SMILES string of the molecule is CCCCCC(Cc1cccnc1)C(=O)CN1C[C@H](c2ccc3c(c2)CCO3)[C@@H](C(=O)O)[C@@H]1CCN1CCCCC1=O. The van der Waals surface area contributed by atoms with Crippen LogP contribution in [0.2, 0.25) is 0 Å². The number of amides is 1. The summed E-state index contributed by atoms with van der Waals surface area (Å²) in [6, 6.07) is 9.67. The average Bonchev–Trinajstić information content (AvgIpc) is 3.61. The Morgan fingerprint density at radius 2 is 2.05 bits per heavy atom. The number of rotatable bonds is 14. The van der Waals surface area contributed by atoms with Crippen LogP contribution in [0.3, 0.4) is 0 Å². The zero-order valence-electron chi connectivity index (χ0n) is 24.9. The molecule has 0 radical (unpaired) electrons. The second-order valence-corrected chi connectivity index (χ2v) is 12.3. The number of carbonyl (C=O) groups is 3. The maximum Gasteiger partial charge on any atom is 0.308 e. The minimum atomic E-state index is -0.837. The van der Waals surface area contributed by atoms with Gasteiger partial charge in [-0.2, -0.15) is 0 Å². The molecule has 1 aromatic heterocycles. The van der Waals surface area contributed by atoms with E-state index < -0.39 is 11.9 Å². The number of nitrogens with zero attached hydrogens (tertiary/aromatic N) is 3. The van der Waals surface area contributed by atoms with Crippen LogP contribution in [0.5, 0.6) is 5.75 Å². The normalized spacial score (nSPS) is 23.0. The fourth-order valence-corrected chi connectivity index (χ4v) is 7.16. The van der Waals surface area contributed by atoms with Crippen molar-refractivity contribution in [3.63, 3.8) is 0 Å². The van der Waals surface area contributed by atoms with Crippen molar-refractivity contribution in [1.82, 2.24) is 14.8 Å². The molecule has 5 rings (SSSR count). The number of ether oxygens (including phenoxy) is 1. The Hall–Kier alpha value is -3.26. The summed E-state index contributed by atoms with van der Waals surface area (Å²) in [4.78, 5) is 47.7. The molecule has 0 aliphatic carbocycles. The van der Waals surface area contributed by atoms with Crippen molar-refractivity contribution in [2.45, 2.75) is 83.1 Å². The minimum Gasteiger partial charge on any atom is -0.493 e. The smallest absolute Gasteiger partial charge is 0.308 e. The second-order valence-electron chi connectivity index (χ2n) is 12.3. The van der Waals surface area contributed by atoms with Gasteiger partial charge in [-0.3, -0.25) is 24.3 Å². The Morgan fingerprint density at radius 3 is 2.81 bits per heavy atom. The van der Waals surface area contributed by atoms with Crippen molar-refractivity contribution in [2.75, 3.05) is 32.8 Å². The van der Waals surface area contributed by atoms with Crippen LogP contribution in [0.4, 0.5) is 0 Å². The van der Waals surface area contributed by atoms with Crippen LogP contribution in [-0.4, -0.2) is 76.4 Å². The number of unbranched alkanes of at least 4 members (excludes halogenated alkanes) is 2. The quantitative estimate of drug-likeness (QED) is 0.320. The lowest BCUT2D eigenvalue weighted by Crippen LogP contribution is -2.44. The lowest BCUT2D eigenvalue weighted by atomic mass is 9.83. The number of ketones is 1. The van der Waals surface area contributed by atoms with E-state index in [-0.39, 0.29) is 36.1 Å². The van der Waals surface area contributed by atoms with Crippen LogP contribution < -0.4 is 4.74 Å². The van der Waals surface area contributed by atoms with E-state index in [4.69, 9.17) is 4.74 Å². The number of carboxylic acid groups (broad SMARTS) is 1. The molecule has 1 N–H and O–H groups in total. The van der Waals surface area contributed by atoms with Gasteiger partial charge in [-0.05, 0) is 60.9 Å². The predicted molar refractivity (Wildman–Crippen MR) is 160 cm³/mol. The third-order valence-electron chi connectivity index (χ3n) is 9.47. The first kappa shape index (κ1) is 30.2. The summed E-state index contributed by atoms with van der Waals surface area (Å²) >= 11 is 0. The molecule has 1 amide bonds. The van der Waals surface area contributed by atoms with Crippen LogP contribution in [0.15, 0.2) is 42.7 Å². The number of hydrogen-bond acceptors (Lipinski definition) is 6. The van der Waals surface area contributed by atoms with Gasteiger partial charge in [0.2, 0.25) is 5.91 Å². The van der Waals surface area contributed by atoms with E-state index in [0.29, 0.717) is 39.0 Å². The summed E-state index contributed by atoms with van der Waals surface area (Å²) < 4.78 is 5.70. The zero-order chi connectivity index (χ0) is 29.5. The first-order chi connectivity index (χ1) is 20.4. The molecule has 42 heavy (non-hydrogen) atoms. The molecule has 226 valence electrons. The number of fused-ring (bicyclic) bond motifs is 1. The van der Waals surface area contributed by atoms with Gasteiger partial charge in [0, 0.05) is 62.7 Å². The number of likely N-dealkylation sites (tertiary alicyclic amines) is 2. The van der Waals surface area contributed by atoms with Crippen LogP contribution in [0.1, 0.15) is 80.9 Å². The maximum atomic E-state index is 14.0. The number of hydrogen-bond donors (Lipinski definition) is 1. The molecular weight excluding hydrogens is 530 g/mol. The van der Waals surface area contributed by atoms with Crippen molar-refractivity contribution < 1.29 is 24.2 Å². The lowest BCUT2D eigenvalue weighted by molar-refractivity contribution is -0.143. The fraction of sp³-hybridized carbons (Fsp3) is 0.588. The van der Waals surface area contributed by atoms with E-state index in [1.807, 2.05) is 35.4 Å². The van der Waals surface area contributed by atoms with Crippen LogP contribution in [0, 0.1) is 11.8 Å². The van der Waals surface area contributed by atoms with Gasteiger partial charge in [0.15, 0.2) is 0 Å². The predicted octanol–water partition coefficient (Wildman–Crippen LogP) is 4.90. The molecule has 8 nitrogen and oxygen atoms in total. The summed E-state index contributed by atoms with van der Waals surface area (Å²) in [7, 11) is 0. The average molecular weight is 576 g/mol. The Labute approximate surface area is 249 Å². The first-order valence-corrected chi connectivity index (χ1v) is 15.9. The molecule has 2 saturated heterocycles. The topological polar surface area (TPSA) is 100 Å². The van der Waals surface area contributed by atoms with Gasteiger partial charge < -0.3 is 14.7 Å². The van der Waals surface area contributed by atoms with Gasteiger partial charge >= 0.3 is 5.97 Å². The maximum absolute atomic E-state index is 14.0. The van der Waals surface area contributed by atoms with Crippen molar-refractivity contribution in [3.8, 4) is 5.75 Å². The molecule has 0 bridgehead atoms. The second kappa shape index (κ2) is 14.3. The van der Waals surface area contributed by atoms with Crippen LogP contribution in [0.25, 0.3) is 0 Å². The van der Waals surface area contributed by atoms with E-state index in [9.17, 15) is 19.5 Å². The van der Waals surface area contributed by atoms with Crippen molar-refractivity contribution in [1.29, 1.82) is 0 Å². The molecule has 8 heteroatoms. The van der Waals surface area contributed by atoms with E-state index in [1.165, 1.54) is 0 Å². The Balaban J connectivity index is 1.39. The lowest BCUT2D eigenvalue weighted by Gasteiger charge is -2.32. The molecule has 4 atom stereocenters. The monoisotopic (exact) mass is 575 g/mol. The number of piperidine rings is 1. The Bertz CT molecular complexity index is 1230. The van der Waals surface area contributed by atoms with E-state index in [1.54, 1.807) is 6.20 Å². The molecule has 2 aromatic rings. The fourth-order valence-electron chi connectivity index (χ4n) is 7.16. The Morgan fingerprint density at radius 1 is 1.17 bits per heavy atom. The number of carboxylic acids is 1. The standard InChI is InChI=1S/C34H45N3O5/c1-2-3-4-9-26(19-24-8-7-15-35-21-24)30(38)23-37-22-28(25-11-12-31-27(20-25)14-18-42-31)33(34(40)41)29(37)13-17-36-16-6-5-10-32(36)39/h7-8,11-12,15,20-21,26,28-29,33H,2-6,9-10,13-14,16-19,22-23H2,1H3,(H,40,41)/t26?,28-,29+,33-/m1/s1. The molecule has 0 saturated carbocycles. The highest BCUT2D eigenvalue weighted by atomic mass is 16.5. The number of benzene rings is 1. The molecular formula is C34H45N3O5. The van der Waals surface area contributed by atoms with E-state index >= 15 is 0 Å². The molecule has 1 aromatic carbocycles. The molecule has 3 aliphatic rings. The zero-order valence-corrected chi connectivity index (χ0v) is 24.9. The number of pyridine rings is 1. The molecule has 3 aliphatic heterocycles. The summed E-state index contributed by atoms with van der Waals surface area (Å²) in [5.74, 6) is -0.671. The third kappa shape index (κ3) is 7.20. The third-order valence-corrected chi connectivity index (χ3v) is 9.47. The first-order valence-electron chi connectivity index (χ1n) is 15.9. The highest BCUT2D eigenvalue weighted by molar-refractivity contribution is 5.83. The van der Waals surface area contributed by atoms with Crippen LogP contribution >= 0.6 is 0 Å². The molecule has 4 heterocycles. The molecule has 2 fully saturated rings. The number of aliphatic carboxylic acids is 1. The summed E-state index contributed by atoms with van der Waals surface area (Å²) in [5, 5.41) is 10.6. The van der Waals surface area contributed by atoms with E-state index in [0.717, 1.165) is 73.9 Å². The van der Waals surface area contributed by atoms with Crippen LogP contribution in [-0.2, 0) is 27.2 Å². The number of Topliss-reactive ketones (excluding diaryl/α,β-unsaturated/α-hetero) is 1. The highest BCUT2D eigenvalue weighted by Crippen LogP contribution is 2.41. The van der Waals surface area contributed by atoms with E-state index in [2.05, 4.69) is 22.9 Å². The number of carbonyl (C=O) groups excluding carboxylic acids is 2. The molecule has 0 spiro atoms. The minimum absolute atomic E-state index is 0.135. The largest absolute Gasteiger partial charge is 0.493 e. The number of aromatic nitrogens is 1. The summed E-state index contributed by atoms with van der Waals surface area (Å²) in [6.07, 6.45) is 12.0. The van der Waals surface area contributed by atoms with Gasteiger partial charge in [-0.25, -0.2) is 0 Å². The van der Waals surface area contributed by atoms with Crippen molar-refractivity contribution in [3.05, 3.63) is 59.4 Å². The van der Waals surface area contributed by atoms with Crippen molar-refractivity contribution >= 4 is 17.7 Å². The van der Waals surface area contributed by atoms with Gasteiger partial charge in [-0.1, -0.05) is 44.4 Å². The van der Waals surface area contributed by atoms with Gasteiger partial charge in [-0.15, -0.1) is 0 Å². The Kier molecular flexibility index (Phi) is 10.3. The van der Waals surface area contributed by atoms with Gasteiger partial charge in [0.1, 0.15) is 11.5 Å². The van der Waals surface area contributed by atoms with Crippen molar-refractivity contribution in [2.24, 2.45) is 11.8 Å². The highest BCUT2D eigenvalue weighted by Gasteiger charge is 2.47. The molecule has 1 unspecified atom stereocenters. The van der Waals surface area contributed by atoms with Gasteiger partial charge in [0.25, 0.3) is 0 Å². The van der Waals surface area contributed by atoms with Gasteiger partial charge in [0.05, 0.1) is 19.1 Å². The summed E-state index contributed by atoms with van der Waals surface area (Å²) in [6.45, 7) is 4.80. The summed E-state index contributed by atoms with van der Waals surface area (Å²) in [5.41, 5.74) is 3.17.